The van der Waals surface area contributed by atoms with E-state index in [9.17, 15) is 0 Å². The normalized spacial score (nSPS) is 15.2. The van der Waals surface area contributed by atoms with Crippen LogP contribution in [-0.2, 0) is 18.3 Å². The van der Waals surface area contributed by atoms with Crippen molar-refractivity contribution in [2.45, 2.75) is 18.3 Å². The van der Waals surface area contributed by atoms with Gasteiger partial charge in [0.15, 0.2) is 0 Å². The van der Waals surface area contributed by atoms with Gasteiger partial charge in [0, 0.05) is 0 Å². The topological polar surface area (TPSA) is 0 Å². The van der Waals surface area contributed by atoms with E-state index >= 15 is 0 Å². The molecule has 0 aliphatic heterocycles. The van der Waals surface area contributed by atoms with Gasteiger partial charge in [0.25, 0.3) is 0 Å². The largest absolute Gasteiger partial charge is 0.0725 e. The number of benzene rings is 6. The molecule has 4 aliphatic carbocycles. The minimum atomic E-state index is -0.309. The zero-order chi connectivity index (χ0) is 25.3. The van der Waals surface area contributed by atoms with Crippen LogP contribution in [0.3, 0.4) is 0 Å². The van der Waals surface area contributed by atoms with Gasteiger partial charge in [-0.25, -0.2) is 0 Å². The van der Waals surface area contributed by atoms with Gasteiger partial charge in [-0.1, -0.05) is 97.1 Å². The Labute approximate surface area is 228 Å². The lowest BCUT2D eigenvalue weighted by Crippen LogP contribution is -2.26. The van der Waals surface area contributed by atoms with E-state index in [1.807, 2.05) is 0 Å². The molecule has 0 N–H and O–H groups in total. The zero-order valence-electron chi connectivity index (χ0n) is 21.5. The fraction of sp³-hybridized carbons (Fsp3) is 0.0769. The van der Waals surface area contributed by atoms with Gasteiger partial charge in [-0.2, -0.15) is 0 Å². The first-order valence-electron chi connectivity index (χ1n) is 14.0. The van der Waals surface area contributed by atoms with Gasteiger partial charge in [0.05, 0.1) is 5.41 Å². The van der Waals surface area contributed by atoms with Crippen molar-refractivity contribution in [3.8, 4) is 44.5 Å². The van der Waals surface area contributed by atoms with Crippen molar-refractivity contribution in [3.63, 3.8) is 0 Å². The van der Waals surface area contributed by atoms with Crippen molar-refractivity contribution in [3.05, 3.63) is 166 Å². The van der Waals surface area contributed by atoms with Crippen LogP contribution in [0.4, 0.5) is 0 Å². The Morgan fingerprint density at radius 2 is 0.718 bits per heavy atom. The van der Waals surface area contributed by atoms with Crippen LogP contribution in [0, 0.1) is 0 Å². The highest BCUT2D eigenvalue weighted by Crippen LogP contribution is 2.64. The molecule has 4 aliphatic rings. The first kappa shape index (κ1) is 20.3. The smallest absolute Gasteiger partial charge is 0.0619 e. The van der Waals surface area contributed by atoms with E-state index in [-0.39, 0.29) is 5.41 Å². The summed E-state index contributed by atoms with van der Waals surface area (Å²) < 4.78 is 0. The molecule has 0 aromatic heterocycles. The van der Waals surface area contributed by atoms with Crippen LogP contribution in [0.1, 0.15) is 44.5 Å². The van der Waals surface area contributed by atoms with Gasteiger partial charge in [-0.05, 0) is 126 Å². The van der Waals surface area contributed by atoms with Gasteiger partial charge >= 0.3 is 0 Å². The molecule has 1 spiro atoms. The van der Waals surface area contributed by atoms with Crippen LogP contribution in [0.15, 0.2) is 121 Å². The lowest BCUT2D eigenvalue weighted by molar-refractivity contribution is 0.794. The average molecular weight is 493 g/mol. The molecule has 6 aromatic carbocycles. The highest BCUT2D eigenvalue weighted by atomic mass is 14.5. The van der Waals surface area contributed by atoms with E-state index in [2.05, 4.69) is 121 Å². The second-order valence-electron chi connectivity index (χ2n) is 11.6. The molecule has 0 bridgehead atoms. The molecule has 0 saturated carbocycles. The highest BCUT2D eigenvalue weighted by Gasteiger charge is 2.52. The van der Waals surface area contributed by atoms with Crippen LogP contribution >= 0.6 is 0 Å². The number of rotatable bonds is 0. The minimum absolute atomic E-state index is 0.309. The van der Waals surface area contributed by atoms with E-state index in [0.29, 0.717) is 0 Å². The Balaban J connectivity index is 1.37. The fourth-order valence-electron chi connectivity index (χ4n) is 8.39. The van der Waals surface area contributed by atoms with Gasteiger partial charge < -0.3 is 0 Å². The Hall–Kier alpha value is -4.68. The molecule has 0 nitrogen and oxygen atoms in total. The van der Waals surface area contributed by atoms with E-state index in [1.165, 1.54) is 89.0 Å². The van der Waals surface area contributed by atoms with Crippen LogP contribution in [0.5, 0.6) is 0 Å². The molecular formula is C39H24. The molecule has 0 heterocycles. The molecule has 10 rings (SSSR count). The maximum Gasteiger partial charge on any atom is 0.0725 e. The maximum absolute atomic E-state index is 2.56. The first-order valence-corrected chi connectivity index (χ1v) is 14.0. The van der Waals surface area contributed by atoms with Gasteiger partial charge in [-0.15, -0.1) is 0 Å². The predicted molar refractivity (Wildman–Crippen MR) is 159 cm³/mol. The van der Waals surface area contributed by atoms with Crippen molar-refractivity contribution in [2.75, 3.05) is 0 Å². The molecule has 0 unspecified atom stereocenters. The molecule has 39 heavy (non-hydrogen) atoms. The Morgan fingerprint density at radius 3 is 1.21 bits per heavy atom. The van der Waals surface area contributed by atoms with E-state index in [4.69, 9.17) is 0 Å². The summed E-state index contributed by atoms with van der Waals surface area (Å²) in [6, 6.07) is 46.4. The van der Waals surface area contributed by atoms with Crippen molar-refractivity contribution in [2.24, 2.45) is 0 Å². The standard InChI is InChI=1S/C39H24/c1-3-11-27-23(9-1)17-25-19-33-34-20-26-18-24-10-2-4-12-28(24)32(26)22-38(34)39(37(33)21-31(25)27)35-15-7-5-13-29(35)30-14-6-8-16-36(30)39/h1-16,19-22H,17-18H2. The van der Waals surface area contributed by atoms with Crippen LogP contribution < -0.4 is 0 Å². The minimum Gasteiger partial charge on any atom is -0.0619 e. The molecule has 0 fully saturated rings. The molecule has 6 aromatic rings. The van der Waals surface area contributed by atoms with Gasteiger partial charge in [0.2, 0.25) is 0 Å². The molecule has 0 heteroatoms. The Kier molecular flexibility index (Phi) is 3.56. The summed E-state index contributed by atoms with van der Waals surface area (Å²) in [7, 11) is 0. The number of hydrogen-bond donors (Lipinski definition) is 0. The lowest BCUT2D eigenvalue weighted by Gasteiger charge is -2.31. The Bertz CT molecular complexity index is 1920. The first-order chi connectivity index (χ1) is 19.3. The summed E-state index contributed by atoms with van der Waals surface area (Å²) in [6.07, 6.45) is 2.04. The fourth-order valence-corrected chi connectivity index (χ4v) is 8.39. The predicted octanol–water partition coefficient (Wildman–Crippen LogP) is 9.17. The monoisotopic (exact) mass is 492 g/mol. The third-order valence-corrected chi connectivity index (χ3v) is 9.91. The summed E-state index contributed by atoms with van der Waals surface area (Å²) in [6.45, 7) is 0. The summed E-state index contributed by atoms with van der Waals surface area (Å²) in [5.41, 5.74) is 22.4. The van der Waals surface area contributed by atoms with E-state index in [1.54, 1.807) is 0 Å². The quantitative estimate of drug-likeness (QED) is 0.198. The number of hydrogen-bond acceptors (Lipinski definition) is 0. The average Bonchev–Trinajstić information content (AvgIpc) is 3.69. The molecule has 0 amide bonds. The summed E-state index contributed by atoms with van der Waals surface area (Å²) in [4.78, 5) is 0. The third kappa shape index (κ3) is 2.30. The molecule has 0 saturated heterocycles. The van der Waals surface area contributed by atoms with Crippen molar-refractivity contribution >= 4 is 0 Å². The van der Waals surface area contributed by atoms with E-state index in [0.717, 1.165) is 12.8 Å². The van der Waals surface area contributed by atoms with Gasteiger partial charge in [-0.3, -0.25) is 0 Å². The van der Waals surface area contributed by atoms with Crippen molar-refractivity contribution in [1.29, 1.82) is 0 Å². The van der Waals surface area contributed by atoms with Crippen molar-refractivity contribution < 1.29 is 0 Å². The molecule has 0 radical (unpaired) electrons. The van der Waals surface area contributed by atoms with E-state index < -0.39 is 0 Å². The van der Waals surface area contributed by atoms with Gasteiger partial charge in [0.1, 0.15) is 0 Å². The third-order valence-electron chi connectivity index (χ3n) is 9.91. The number of fused-ring (bicyclic) bond motifs is 16. The lowest BCUT2D eigenvalue weighted by atomic mass is 9.70. The summed E-state index contributed by atoms with van der Waals surface area (Å²) >= 11 is 0. The maximum atomic E-state index is 2.56. The summed E-state index contributed by atoms with van der Waals surface area (Å²) in [5, 5.41) is 0. The SMILES string of the molecule is c1ccc2c(c1)Cc1cc3c(cc1-2)C1(c2ccccc2-c2ccccc21)c1cc2c(cc1-3)Cc1ccccc1-2. The molecule has 0 atom stereocenters. The Morgan fingerprint density at radius 1 is 0.308 bits per heavy atom. The molecule has 180 valence electrons. The van der Waals surface area contributed by atoms with Crippen LogP contribution in [-0.4, -0.2) is 0 Å². The highest BCUT2D eigenvalue weighted by molar-refractivity contribution is 5.99. The molecular weight excluding hydrogens is 468 g/mol. The van der Waals surface area contributed by atoms with Crippen molar-refractivity contribution in [1.82, 2.24) is 0 Å². The van der Waals surface area contributed by atoms with Crippen LogP contribution in [0.2, 0.25) is 0 Å². The second kappa shape index (κ2) is 6.84. The summed E-state index contributed by atoms with van der Waals surface area (Å²) in [5.74, 6) is 0. The van der Waals surface area contributed by atoms with Crippen LogP contribution in [0.25, 0.3) is 44.5 Å². The second-order valence-corrected chi connectivity index (χ2v) is 11.6. The zero-order valence-corrected chi connectivity index (χ0v) is 21.5.